The Morgan fingerprint density at radius 1 is 1.27 bits per heavy atom. The normalized spacial score (nSPS) is 17.4. The van der Waals surface area contributed by atoms with Crippen molar-refractivity contribution in [3.05, 3.63) is 65.7 Å². The Balaban J connectivity index is 1.46. The number of nitrogens with one attached hydrogen (secondary N) is 1. The van der Waals surface area contributed by atoms with Crippen LogP contribution in [0.1, 0.15) is 36.5 Å². The van der Waals surface area contributed by atoms with Gasteiger partial charge < -0.3 is 19.9 Å². The summed E-state index contributed by atoms with van der Waals surface area (Å²) >= 11 is 0. The van der Waals surface area contributed by atoms with Crippen molar-refractivity contribution < 1.29 is 13.9 Å². The maximum atomic E-state index is 14.9. The number of carbonyl (C=O) groups excluding carboxylic acids is 1. The van der Waals surface area contributed by atoms with Crippen LogP contribution in [-0.2, 0) is 0 Å². The molecular formula is C24H28FN3O2. The van der Waals surface area contributed by atoms with E-state index in [1.54, 1.807) is 43.4 Å². The number of fused-ring (bicyclic) bond motifs is 1. The molecule has 30 heavy (non-hydrogen) atoms. The van der Waals surface area contributed by atoms with Gasteiger partial charge in [-0.3, -0.25) is 4.79 Å². The van der Waals surface area contributed by atoms with Crippen molar-refractivity contribution in [2.24, 2.45) is 5.92 Å². The van der Waals surface area contributed by atoms with E-state index < -0.39 is 0 Å². The van der Waals surface area contributed by atoms with Crippen molar-refractivity contribution in [1.82, 2.24) is 5.32 Å². The van der Waals surface area contributed by atoms with Crippen LogP contribution >= 0.6 is 0 Å². The Kier molecular flexibility index (Phi) is 5.93. The van der Waals surface area contributed by atoms with E-state index in [1.165, 1.54) is 11.0 Å². The van der Waals surface area contributed by atoms with Gasteiger partial charge in [-0.05, 0) is 55.3 Å². The predicted octanol–water partition coefficient (Wildman–Crippen LogP) is 4.55. The number of benzene rings is 2. The third-order valence-corrected chi connectivity index (χ3v) is 5.83. The smallest absolute Gasteiger partial charge is 0.258 e. The van der Waals surface area contributed by atoms with Gasteiger partial charge in [0, 0.05) is 49.2 Å². The molecule has 0 saturated carbocycles. The fraction of sp³-hybridized carbons (Fsp3) is 0.375. The molecule has 0 radical (unpaired) electrons. The monoisotopic (exact) mass is 409 g/mol. The summed E-state index contributed by atoms with van der Waals surface area (Å²) in [7, 11) is 1.66. The number of halogens is 1. The van der Waals surface area contributed by atoms with E-state index >= 15 is 0 Å². The minimum absolute atomic E-state index is 0.189. The lowest BCUT2D eigenvalue weighted by molar-refractivity contribution is 0.0993. The van der Waals surface area contributed by atoms with E-state index in [-0.39, 0.29) is 11.7 Å². The fourth-order valence-electron chi connectivity index (χ4n) is 4.01. The van der Waals surface area contributed by atoms with Gasteiger partial charge in [0.05, 0.1) is 12.3 Å². The Morgan fingerprint density at radius 3 is 2.80 bits per heavy atom. The van der Waals surface area contributed by atoms with E-state index in [1.807, 2.05) is 11.1 Å². The first-order valence-corrected chi connectivity index (χ1v) is 10.6. The highest BCUT2D eigenvalue weighted by atomic mass is 19.1. The molecule has 158 valence electrons. The molecule has 1 amide bonds. The number of hydrogen-bond acceptors (Lipinski definition) is 4. The molecule has 2 heterocycles. The van der Waals surface area contributed by atoms with Crippen LogP contribution in [-0.4, -0.2) is 32.7 Å². The summed E-state index contributed by atoms with van der Waals surface area (Å²) in [5, 5.41) is 3.24. The number of ether oxygens (including phenoxy) is 1. The van der Waals surface area contributed by atoms with E-state index in [4.69, 9.17) is 4.74 Å². The van der Waals surface area contributed by atoms with E-state index in [2.05, 4.69) is 12.2 Å². The summed E-state index contributed by atoms with van der Waals surface area (Å²) in [6.45, 7) is 4.52. The lowest BCUT2D eigenvalue weighted by atomic mass is 10.1. The van der Waals surface area contributed by atoms with Crippen LogP contribution in [0.2, 0.25) is 0 Å². The molecular weight excluding hydrogens is 381 g/mol. The maximum Gasteiger partial charge on any atom is 0.258 e. The molecule has 1 saturated heterocycles. The molecule has 0 bridgehead atoms. The molecule has 0 aromatic heterocycles. The van der Waals surface area contributed by atoms with Gasteiger partial charge in [-0.15, -0.1) is 0 Å². The van der Waals surface area contributed by atoms with E-state index in [0.717, 1.165) is 43.8 Å². The lowest BCUT2D eigenvalue weighted by Gasteiger charge is -2.23. The average molecular weight is 410 g/mol. The number of rotatable bonds is 7. The zero-order valence-electron chi connectivity index (χ0n) is 17.5. The van der Waals surface area contributed by atoms with Crippen LogP contribution in [0.15, 0.2) is 54.4 Å². The van der Waals surface area contributed by atoms with Gasteiger partial charge in [-0.2, -0.15) is 0 Å². The van der Waals surface area contributed by atoms with Gasteiger partial charge in [-0.25, -0.2) is 4.39 Å². The zero-order chi connectivity index (χ0) is 21.1. The Morgan fingerprint density at radius 2 is 2.07 bits per heavy atom. The second-order valence-corrected chi connectivity index (χ2v) is 7.84. The van der Waals surface area contributed by atoms with Gasteiger partial charge in [0.25, 0.3) is 5.91 Å². The van der Waals surface area contributed by atoms with Gasteiger partial charge in [-0.1, -0.05) is 13.3 Å². The third-order valence-electron chi connectivity index (χ3n) is 5.83. The SMILES string of the molecule is CCCCOc1ccc(C(=O)N(C)c2ccc(N3CCC4CNC=C43)c(F)c2)cc1. The van der Waals surface area contributed by atoms with Crippen LogP contribution < -0.4 is 19.9 Å². The Hall–Kier alpha value is -3.02. The zero-order valence-corrected chi connectivity index (χ0v) is 17.5. The number of hydrogen-bond donors (Lipinski definition) is 1. The number of anilines is 2. The molecule has 2 aliphatic rings. The first kappa shape index (κ1) is 20.3. The molecule has 2 aliphatic heterocycles. The van der Waals surface area contributed by atoms with Crippen LogP contribution in [0, 0.1) is 11.7 Å². The molecule has 5 nitrogen and oxygen atoms in total. The highest BCUT2D eigenvalue weighted by molar-refractivity contribution is 6.05. The minimum Gasteiger partial charge on any atom is -0.494 e. The summed E-state index contributed by atoms with van der Waals surface area (Å²) in [6, 6.07) is 12.1. The highest BCUT2D eigenvalue weighted by Gasteiger charge is 2.32. The molecule has 0 spiro atoms. The lowest BCUT2D eigenvalue weighted by Crippen LogP contribution is -2.26. The Bertz CT molecular complexity index is 942. The van der Waals surface area contributed by atoms with Gasteiger partial charge in [0.2, 0.25) is 0 Å². The van der Waals surface area contributed by atoms with Crippen molar-refractivity contribution in [3.8, 4) is 5.75 Å². The maximum absolute atomic E-state index is 14.9. The summed E-state index contributed by atoms with van der Waals surface area (Å²) in [5.41, 5.74) is 2.77. The summed E-state index contributed by atoms with van der Waals surface area (Å²) < 4.78 is 20.6. The van der Waals surface area contributed by atoms with E-state index in [0.29, 0.717) is 29.5 Å². The topological polar surface area (TPSA) is 44.8 Å². The average Bonchev–Trinajstić information content (AvgIpc) is 3.38. The van der Waals surface area contributed by atoms with Crippen LogP contribution in [0.4, 0.5) is 15.8 Å². The Labute approximate surface area is 177 Å². The van der Waals surface area contributed by atoms with E-state index in [9.17, 15) is 9.18 Å². The molecule has 0 aliphatic carbocycles. The minimum atomic E-state index is -0.319. The molecule has 2 aromatic rings. The number of carbonyl (C=O) groups is 1. The van der Waals surface area contributed by atoms with Crippen LogP contribution in [0.25, 0.3) is 0 Å². The molecule has 4 rings (SSSR count). The van der Waals surface area contributed by atoms with Crippen molar-refractivity contribution >= 4 is 17.3 Å². The number of nitrogens with zero attached hydrogens (tertiary/aromatic N) is 2. The van der Waals surface area contributed by atoms with Gasteiger partial charge >= 0.3 is 0 Å². The largest absolute Gasteiger partial charge is 0.494 e. The quantitative estimate of drug-likeness (QED) is 0.682. The molecule has 1 fully saturated rings. The molecule has 6 heteroatoms. The second kappa shape index (κ2) is 8.78. The highest BCUT2D eigenvalue weighted by Crippen LogP contribution is 2.37. The van der Waals surface area contributed by atoms with Crippen LogP contribution in [0.3, 0.4) is 0 Å². The first-order chi connectivity index (χ1) is 14.6. The summed E-state index contributed by atoms with van der Waals surface area (Å²) in [6.07, 6.45) is 5.08. The van der Waals surface area contributed by atoms with Crippen molar-refractivity contribution in [1.29, 1.82) is 0 Å². The fourth-order valence-corrected chi connectivity index (χ4v) is 4.01. The van der Waals surface area contributed by atoms with Crippen molar-refractivity contribution in [2.75, 3.05) is 36.5 Å². The van der Waals surface area contributed by atoms with Crippen molar-refractivity contribution in [3.63, 3.8) is 0 Å². The molecule has 1 unspecified atom stereocenters. The first-order valence-electron chi connectivity index (χ1n) is 10.6. The molecule has 1 atom stereocenters. The van der Waals surface area contributed by atoms with Gasteiger partial charge in [0.15, 0.2) is 0 Å². The number of amides is 1. The molecule has 2 aromatic carbocycles. The van der Waals surface area contributed by atoms with Crippen LogP contribution in [0.5, 0.6) is 5.75 Å². The van der Waals surface area contributed by atoms with Gasteiger partial charge in [0.1, 0.15) is 11.6 Å². The number of unbranched alkanes of at least 4 members (excludes halogenated alkanes) is 1. The van der Waals surface area contributed by atoms with Crippen molar-refractivity contribution in [2.45, 2.75) is 26.2 Å². The summed E-state index contributed by atoms with van der Waals surface area (Å²) in [4.78, 5) is 16.4. The standard InChI is InChI=1S/C24H28FN3O2/c1-3-4-13-30-20-8-5-17(6-9-20)24(29)27(2)19-7-10-22(21(25)14-19)28-12-11-18-15-26-16-23(18)28/h5-10,14,16,18,26H,3-4,11-13,15H2,1-2H3. The molecule has 1 N–H and O–H groups in total. The predicted molar refractivity (Wildman–Crippen MR) is 118 cm³/mol. The third kappa shape index (κ3) is 3.99. The second-order valence-electron chi connectivity index (χ2n) is 7.84. The summed E-state index contributed by atoms with van der Waals surface area (Å²) in [5.74, 6) is 0.700.